The third kappa shape index (κ3) is 7.37. The molecule has 0 aliphatic carbocycles. The molecule has 0 atom stereocenters. The summed E-state index contributed by atoms with van der Waals surface area (Å²) in [6.45, 7) is 0. The number of aromatic nitrogens is 4. The fourth-order valence-corrected chi connectivity index (χ4v) is 2.81. The molecule has 0 unspecified atom stereocenters. The third-order valence-corrected chi connectivity index (χ3v) is 4.59. The predicted molar refractivity (Wildman–Crippen MR) is 102 cm³/mol. The van der Waals surface area contributed by atoms with E-state index in [2.05, 4.69) is 19.9 Å². The van der Waals surface area contributed by atoms with Crippen LogP contribution in [0.5, 0.6) is 0 Å². The summed E-state index contributed by atoms with van der Waals surface area (Å²) >= 11 is 1.49. The van der Waals surface area contributed by atoms with E-state index in [0.29, 0.717) is 5.69 Å². The summed E-state index contributed by atoms with van der Waals surface area (Å²) in [4.78, 5) is 15.8. The highest BCUT2D eigenvalue weighted by atomic mass is 32.2. The van der Waals surface area contributed by atoms with E-state index in [4.69, 9.17) is 18.9 Å². The van der Waals surface area contributed by atoms with Gasteiger partial charge in [0.25, 0.3) is 0 Å². The molecule has 0 saturated carbocycles. The molecule has 2 heterocycles. The van der Waals surface area contributed by atoms with E-state index < -0.39 is 22.4 Å². The van der Waals surface area contributed by atoms with Crippen LogP contribution in [0.2, 0.25) is 0 Å². The molecule has 12 heteroatoms. The molecule has 0 amide bonds. The standard InChI is InChI=1S/C8H12N2O4S.C8H12N2O2S/c1-13-7(14-2)6-4-5-9-8(10-6)15(3,11)12;1-11-7(12-2)6-4-5-9-8(10-6)13-3/h4-5,7H,1-3H3;4-5,7H,1-3H3. The summed E-state index contributed by atoms with van der Waals surface area (Å²) < 4.78 is 42.4. The number of hydrogen-bond acceptors (Lipinski definition) is 11. The molecule has 0 saturated heterocycles. The summed E-state index contributed by atoms with van der Waals surface area (Å²) in [7, 11) is 2.63. The van der Waals surface area contributed by atoms with Gasteiger partial charge in [-0.3, -0.25) is 0 Å². The lowest BCUT2D eigenvalue weighted by Crippen LogP contribution is -2.11. The molecular weight excluding hydrogens is 408 g/mol. The van der Waals surface area contributed by atoms with E-state index in [1.165, 1.54) is 38.2 Å². The highest BCUT2D eigenvalue weighted by molar-refractivity contribution is 7.98. The Labute approximate surface area is 168 Å². The van der Waals surface area contributed by atoms with E-state index in [-0.39, 0.29) is 5.16 Å². The molecule has 0 aliphatic rings. The van der Waals surface area contributed by atoms with Gasteiger partial charge in [0, 0.05) is 47.1 Å². The van der Waals surface area contributed by atoms with Gasteiger partial charge >= 0.3 is 0 Å². The van der Waals surface area contributed by atoms with Crippen molar-refractivity contribution in [2.45, 2.75) is 22.9 Å². The monoisotopic (exact) mass is 432 g/mol. The van der Waals surface area contributed by atoms with Gasteiger partial charge in [0.1, 0.15) is 11.4 Å². The zero-order valence-electron chi connectivity index (χ0n) is 16.5. The maximum absolute atomic E-state index is 11.2. The average Bonchev–Trinajstić information content (AvgIpc) is 2.70. The molecule has 0 aromatic carbocycles. The molecule has 2 aromatic heterocycles. The van der Waals surface area contributed by atoms with E-state index >= 15 is 0 Å². The van der Waals surface area contributed by atoms with E-state index in [1.807, 2.05) is 6.26 Å². The van der Waals surface area contributed by atoms with Gasteiger partial charge in [0.2, 0.25) is 27.6 Å². The summed E-state index contributed by atoms with van der Waals surface area (Å²) in [6, 6.07) is 3.31. The van der Waals surface area contributed by atoms with Gasteiger partial charge in [-0.25, -0.2) is 28.4 Å². The quantitative estimate of drug-likeness (QED) is 0.344. The van der Waals surface area contributed by atoms with Crippen molar-refractivity contribution < 1.29 is 27.4 Å². The largest absolute Gasteiger partial charge is 0.350 e. The first-order valence-electron chi connectivity index (χ1n) is 7.81. The van der Waals surface area contributed by atoms with Crippen LogP contribution < -0.4 is 0 Å². The van der Waals surface area contributed by atoms with Gasteiger partial charge in [-0.2, -0.15) is 0 Å². The van der Waals surface area contributed by atoms with Crippen molar-refractivity contribution >= 4 is 21.6 Å². The van der Waals surface area contributed by atoms with E-state index in [0.717, 1.165) is 17.1 Å². The maximum Gasteiger partial charge on any atom is 0.247 e. The van der Waals surface area contributed by atoms with Crippen molar-refractivity contribution in [2.75, 3.05) is 41.0 Å². The Morgan fingerprint density at radius 3 is 1.75 bits per heavy atom. The molecule has 2 aromatic rings. The van der Waals surface area contributed by atoms with E-state index in [1.54, 1.807) is 26.5 Å². The maximum atomic E-state index is 11.2. The van der Waals surface area contributed by atoms with Gasteiger partial charge < -0.3 is 18.9 Å². The van der Waals surface area contributed by atoms with Crippen molar-refractivity contribution in [3.05, 3.63) is 35.9 Å². The van der Waals surface area contributed by atoms with Gasteiger partial charge in [-0.15, -0.1) is 0 Å². The normalized spacial score (nSPS) is 11.4. The van der Waals surface area contributed by atoms with Crippen LogP contribution in [0.3, 0.4) is 0 Å². The zero-order valence-corrected chi connectivity index (χ0v) is 18.2. The number of hydrogen-bond donors (Lipinski definition) is 0. The molecule has 0 fully saturated rings. The highest BCUT2D eigenvalue weighted by Crippen LogP contribution is 2.17. The molecular formula is C16H24N4O6S2. The highest BCUT2D eigenvalue weighted by Gasteiger charge is 2.16. The molecule has 0 N–H and O–H groups in total. The number of rotatable bonds is 8. The SMILES string of the molecule is COC(OC)c1ccnc(S(C)(=O)=O)n1.COC(OC)c1ccnc(SC)n1. The molecule has 156 valence electrons. The van der Waals surface area contributed by atoms with Crippen LogP contribution in [-0.2, 0) is 28.8 Å². The van der Waals surface area contributed by atoms with Crippen LogP contribution in [0, 0.1) is 0 Å². The number of nitrogens with zero attached hydrogens (tertiary/aromatic N) is 4. The minimum Gasteiger partial charge on any atom is -0.350 e. The second kappa shape index (κ2) is 12.0. The minimum atomic E-state index is -3.41. The van der Waals surface area contributed by atoms with Crippen LogP contribution in [-0.4, -0.2) is 69.3 Å². The summed E-state index contributed by atoms with van der Waals surface area (Å²) in [6.07, 6.45) is 4.92. The molecule has 2 rings (SSSR count). The Balaban J connectivity index is 0.000000283. The second-order valence-corrected chi connectivity index (χ2v) is 7.79. The van der Waals surface area contributed by atoms with Crippen molar-refractivity contribution in [1.82, 2.24) is 19.9 Å². The molecule has 0 bridgehead atoms. The van der Waals surface area contributed by atoms with Gasteiger partial charge in [0.05, 0.1) is 0 Å². The van der Waals surface area contributed by atoms with Crippen molar-refractivity contribution in [1.29, 1.82) is 0 Å². The number of sulfone groups is 1. The lowest BCUT2D eigenvalue weighted by atomic mass is 10.4. The predicted octanol–water partition coefficient (Wildman–Crippen LogP) is 1.66. The first kappa shape index (κ1) is 24.3. The molecule has 0 spiro atoms. The second-order valence-electron chi connectivity index (χ2n) is 5.11. The topological polar surface area (TPSA) is 123 Å². The average molecular weight is 433 g/mol. The smallest absolute Gasteiger partial charge is 0.247 e. The lowest BCUT2D eigenvalue weighted by Gasteiger charge is -2.12. The van der Waals surface area contributed by atoms with Crippen LogP contribution in [0.25, 0.3) is 0 Å². The number of ether oxygens (including phenoxy) is 4. The molecule has 0 radical (unpaired) electrons. The zero-order chi connectivity index (χ0) is 21.2. The number of thioether (sulfide) groups is 1. The first-order valence-corrected chi connectivity index (χ1v) is 10.9. The molecule has 28 heavy (non-hydrogen) atoms. The van der Waals surface area contributed by atoms with Crippen LogP contribution >= 0.6 is 11.8 Å². The fourth-order valence-electron chi connectivity index (χ4n) is 1.92. The van der Waals surface area contributed by atoms with Crippen LogP contribution in [0.4, 0.5) is 0 Å². The lowest BCUT2D eigenvalue weighted by molar-refractivity contribution is -0.109. The molecule has 10 nitrogen and oxygen atoms in total. The van der Waals surface area contributed by atoms with E-state index in [9.17, 15) is 8.42 Å². The third-order valence-electron chi connectivity index (χ3n) is 3.16. The first-order chi connectivity index (χ1) is 13.3. The Bertz CT molecular complexity index is 829. The number of methoxy groups -OCH3 is 4. The molecule has 0 aliphatic heterocycles. The van der Waals surface area contributed by atoms with Crippen molar-refractivity contribution in [3.8, 4) is 0 Å². The summed E-state index contributed by atoms with van der Waals surface area (Å²) in [5, 5.41) is 0.482. The van der Waals surface area contributed by atoms with Gasteiger partial charge in [-0.05, 0) is 18.4 Å². The fraction of sp³-hybridized carbons (Fsp3) is 0.500. The summed E-state index contributed by atoms with van der Waals surface area (Å²) in [5.41, 5.74) is 1.11. The Morgan fingerprint density at radius 2 is 1.32 bits per heavy atom. The summed E-state index contributed by atoms with van der Waals surface area (Å²) in [5.74, 6) is 0. The Morgan fingerprint density at radius 1 is 0.857 bits per heavy atom. The van der Waals surface area contributed by atoms with Crippen LogP contribution in [0.1, 0.15) is 24.0 Å². The van der Waals surface area contributed by atoms with Gasteiger partial charge in [-0.1, -0.05) is 11.8 Å². The minimum absolute atomic E-state index is 0.237. The Hall–Kier alpha value is -1.70. The van der Waals surface area contributed by atoms with Crippen LogP contribution in [0.15, 0.2) is 34.8 Å². The van der Waals surface area contributed by atoms with Crippen molar-refractivity contribution in [3.63, 3.8) is 0 Å². The van der Waals surface area contributed by atoms with Crippen molar-refractivity contribution in [2.24, 2.45) is 0 Å². The van der Waals surface area contributed by atoms with Gasteiger partial charge in [0.15, 0.2) is 5.16 Å². The Kier molecular flexibility index (Phi) is 10.4.